The van der Waals surface area contributed by atoms with Crippen molar-refractivity contribution in [2.24, 2.45) is 0 Å². The minimum Gasteiger partial charge on any atom is -0.477 e. The number of aliphatic hydroxyl groups is 4. The summed E-state index contributed by atoms with van der Waals surface area (Å²) in [5.41, 5.74) is 0. The van der Waals surface area contributed by atoms with Crippen molar-refractivity contribution in [2.45, 2.75) is 24.1 Å². The van der Waals surface area contributed by atoms with Gasteiger partial charge in [0.2, 0.25) is 0 Å². The van der Waals surface area contributed by atoms with Crippen LogP contribution in [0.1, 0.15) is 0 Å². The van der Waals surface area contributed by atoms with Crippen LogP contribution in [0.25, 0.3) is 0 Å². The minimum atomic E-state index is -2.84. The lowest BCUT2D eigenvalue weighted by molar-refractivity contribution is -0.239. The van der Waals surface area contributed by atoms with E-state index in [1.807, 2.05) is 0 Å². The first-order valence-electron chi connectivity index (χ1n) is 3.54. The second kappa shape index (κ2) is 3.20. The largest absolute Gasteiger partial charge is 0.477 e. The average molecular weight is 194 g/mol. The highest BCUT2D eigenvalue weighted by atomic mass is 16.7. The van der Waals surface area contributed by atoms with Crippen LogP contribution in [-0.2, 0) is 9.53 Å². The van der Waals surface area contributed by atoms with Crippen LogP contribution in [0.3, 0.4) is 0 Å². The van der Waals surface area contributed by atoms with E-state index in [0.717, 1.165) is 0 Å². The van der Waals surface area contributed by atoms with E-state index in [1.165, 1.54) is 0 Å². The number of aliphatic carboxylic acids is 1. The first-order chi connectivity index (χ1) is 5.93. The molecule has 4 atom stereocenters. The van der Waals surface area contributed by atoms with E-state index in [0.29, 0.717) is 0 Å². The Kier molecular flexibility index (Phi) is 2.55. The maximum absolute atomic E-state index is 10.4. The molecule has 0 radical (unpaired) electrons. The summed E-state index contributed by atoms with van der Waals surface area (Å²) < 4.78 is 4.39. The van der Waals surface area contributed by atoms with Gasteiger partial charge in [0.15, 0.2) is 0 Å². The Labute approximate surface area is 72.8 Å². The fraction of sp³-hybridized carbons (Fsp3) is 0.833. The number of hydrogen-bond acceptors (Lipinski definition) is 6. The molecule has 13 heavy (non-hydrogen) atoms. The lowest BCUT2D eigenvalue weighted by Gasteiger charge is -2.19. The second-order valence-electron chi connectivity index (χ2n) is 2.78. The summed E-state index contributed by atoms with van der Waals surface area (Å²) in [6.45, 7) is -0.687. The molecule has 5 N–H and O–H groups in total. The van der Waals surface area contributed by atoms with Crippen molar-refractivity contribution in [2.75, 3.05) is 6.61 Å². The lowest BCUT2D eigenvalue weighted by atomic mass is 10.1. The summed E-state index contributed by atoms with van der Waals surface area (Å²) in [6, 6.07) is 0. The quantitative estimate of drug-likeness (QED) is 0.314. The molecule has 1 heterocycles. The number of aliphatic hydroxyl groups excluding tert-OH is 3. The van der Waals surface area contributed by atoms with Crippen LogP contribution in [0.15, 0.2) is 0 Å². The van der Waals surface area contributed by atoms with Gasteiger partial charge in [-0.15, -0.1) is 0 Å². The third-order valence-electron chi connectivity index (χ3n) is 1.92. The molecule has 0 saturated carbocycles. The first kappa shape index (κ1) is 10.4. The maximum Gasteiger partial charge on any atom is 0.367 e. The smallest absolute Gasteiger partial charge is 0.367 e. The van der Waals surface area contributed by atoms with Crippen LogP contribution in [0, 0.1) is 0 Å². The van der Waals surface area contributed by atoms with Crippen LogP contribution in [0.4, 0.5) is 0 Å². The lowest BCUT2D eigenvalue weighted by Crippen LogP contribution is -2.49. The molecule has 76 valence electrons. The summed E-state index contributed by atoms with van der Waals surface area (Å²) in [4.78, 5) is 10.4. The van der Waals surface area contributed by atoms with Crippen molar-refractivity contribution in [3.63, 3.8) is 0 Å². The Hall–Kier alpha value is -0.730. The van der Waals surface area contributed by atoms with Gasteiger partial charge < -0.3 is 30.3 Å². The molecular formula is C6H10O7. The van der Waals surface area contributed by atoms with E-state index in [-0.39, 0.29) is 0 Å². The highest BCUT2D eigenvalue weighted by molar-refractivity contribution is 5.76. The third-order valence-corrected chi connectivity index (χ3v) is 1.92. The monoisotopic (exact) mass is 194 g/mol. The van der Waals surface area contributed by atoms with E-state index >= 15 is 0 Å². The van der Waals surface area contributed by atoms with Crippen molar-refractivity contribution in [1.29, 1.82) is 0 Å². The fourth-order valence-corrected chi connectivity index (χ4v) is 1.13. The Morgan fingerprint density at radius 1 is 1.46 bits per heavy atom. The van der Waals surface area contributed by atoms with Gasteiger partial charge in [0.1, 0.15) is 18.3 Å². The van der Waals surface area contributed by atoms with Gasteiger partial charge in [-0.05, 0) is 0 Å². The molecule has 0 aromatic carbocycles. The Morgan fingerprint density at radius 3 is 2.23 bits per heavy atom. The molecule has 0 bridgehead atoms. The van der Waals surface area contributed by atoms with Crippen molar-refractivity contribution >= 4 is 5.97 Å². The van der Waals surface area contributed by atoms with Crippen molar-refractivity contribution < 1.29 is 35.1 Å². The number of rotatable bonds is 2. The molecular weight excluding hydrogens is 184 g/mol. The van der Waals surface area contributed by atoms with Gasteiger partial charge in [-0.1, -0.05) is 0 Å². The predicted molar refractivity (Wildman–Crippen MR) is 36.6 cm³/mol. The second-order valence-corrected chi connectivity index (χ2v) is 2.78. The third kappa shape index (κ3) is 1.40. The normalized spacial score (nSPS) is 45.1. The SMILES string of the molecule is O=C(O)C1(O)O[C@H](CO)[C@@H](O)[C@@H]1O. The number of hydrogen-bond donors (Lipinski definition) is 5. The molecule has 1 saturated heterocycles. The fourth-order valence-electron chi connectivity index (χ4n) is 1.13. The van der Waals surface area contributed by atoms with Gasteiger partial charge in [0.05, 0.1) is 6.61 Å². The van der Waals surface area contributed by atoms with Crippen LogP contribution < -0.4 is 0 Å². The van der Waals surface area contributed by atoms with E-state index in [1.54, 1.807) is 0 Å². The summed E-state index contributed by atoms with van der Waals surface area (Å²) in [5, 5.41) is 44.3. The molecule has 7 nitrogen and oxygen atoms in total. The first-order valence-corrected chi connectivity index (χ1v) is 3.54. The van der Waals surface area contributed by atoms with E-state index in [4.69, 9.17) is 25.5 Å². The molecule has 0 amide bonds. The topological polar surface area (TPSA) is 127 Å². The zero-order valence-corrected chi connectivity index (χ0v) is 6.49. The summed E-state index contributed by atoms with van der Waals surface area (Å²) >= 11 is 0. The van der Waals surface area contributed by atoms with E-state index in [9.17, 15) is 4.79 Å². The van der Waals surface area contributed by atoms with Gasteiger partial charge in [0.25, 0.3) is 5.79 Å². The van der Waals surface area contributed by atoms with E-state index in [2.05, 4.69) is 4.74 Å². The average Bonchev–Trinajstić information content (AvgIpc) is 2.31. The summed E-state index contributed by atoms with van der Waals surface area (Å²) in [7, 11) is 0. The van der Waals surface area contributed by atoms with Crippen molar-refractivity contribution in [3.05, 3.63) is 0 Å². The van der Waals surface area contributed by atoms with Gasteiger partial charge in [-0.2, -0.15) is 0 Å². The molecule has 7 heteroatoms. The van der Waals surface area contributed by atoms with Gasteiger partial charge in [-0.25, -0.2) is 4.79 Å². The van der Waals surface area contributed by atoms with Crippen LogP contribution >= 0.6 is 0 Å². The zero-order valence-electron chi connectivity index (χ0n) is 6.49. The molecule has 1 aliphatic heterocycles. The van der Waals surface area contributed by atoms with Crippen LogP contribution in [-0.4, -0.2) is 62.2 Å². The van der Waals surface area contributed by atoms with Gasteiger partial charge >= 0.3 is 5.97 Å². The molecule has 0 aliphatic carbocycles. The molecule has 1 fully saturated rings. The van der Waals surface area contributed by atoms with Gasteiger partial charge in [0, 0.05) is 0 Å². The Morgan fingerprint density at radius 2 is 2.00 bits per heavy atom. The highest BCUT2D eigenvalue weighted by Crippen LogP contribution is 2.29. The Bertz CT molecular complexity index is 217. The Balaban J connectivity index is 2.87. The maximum atomic E-state index is 10.4. The number of ether oxygens (including phenoxy) is 1. The molecule has 0 aromatic heterocycles. The predicted octanol–water partition coefficient (Wildman–Crippen LogP) is -3.13. The zero-order chi connectivity index (χ0) is 10.2. The number of carbonyl (C=O) groups is 1. The molecule has 1 aliphatic rings. The van der Waals surface area contributed by atoms with Gasteiger partial charge in [-0.3, -0.25) is 0 Å². The molecule has 0 aromatic rings. The van der Waals surface area contributed by atoms with Crippen LogP contribution in [0.2, 0.25) is 0 Å². The number of carboxylic acid groups (broad SMARTS) is 1. The highest BCUT2D eigenvalue weighted by Gasteiger charge is 2.58. The minimum absolute atomic E-state index is 0.687. The van der Waals surface area contributed by atoms with Crippen molar-refractivity contribution in [3.8, 4) is 0 Å². The molecule has 0 spiro atoms. The van der Waals surface area contributed by atoms with Crippen molar-refractivity contribution in [1.82, 2.24) is 0 Å². The summed E-state index contributed by atoms with van der Waals surface area (Å²) in [6.07, 6.45) is -4.88. The number of carboxylic acids is 1. The molecule has 1 rings (SSSR count). The van der Waals surface area contributed by atoms with Crippen LogP contribution in [0.5, 0.6) is 0 Å². The summed E-state index contributed by atoms with van der Waals surface area (Å²) in [5.74, 6) is -4.65. The standard InChI is InChI=1S/C6H10O7/c7-1-2-3(8)4(9)6(12,13-2)5(10)11/h2-4,7-9,12H,1H2,(H,10,11)/t2-,3-,4+,6?/m1/s1. The molecule has 1 unspecified atom stereocenters. The van der Waals surface area contributed by atoms with E-state index < -0.39 is 36.7 Å².